The molecule has 2 aromatic rings. The van der Waals surface area contributed by atoms with Crippen molar-refractivity contribution in [2.45, 2.75) is 20.3 Å². The second-order valence-electron chi connectivity index (χ2n) is 5.29. The number of anilines is 1. The lowest BCUT2D eigenvalue weighted by Crippen LogP contribution is -2.05. The van der Waals surface area contributed by atoms with E-state index in [1.54, 1.807) is 26.0 Å². The van der Waals surface area contributed by atoms with E-state index in [4.69, 9.17) is 9.05 Å². The van der Waals surface area contributed by atoms with Crippen LogP contribution in [0.5, 0.6) is 0 Å². The molecule has 1 aliphatic carbocycles. The highest BCUT2D eigenvalue weighted by atomic mass is 31.2. The Morgan fingerprint density at radius 1 is 1.04 bits per heavy atom. The third kappa shape index (κ3) is 3.32. The minimum absolute atomic E-state index is 0.230. The minimum atomic E-state index is -3.36. The van der Waals surface area contributed by atoms with Crippen LogP contribution in [0.1, 0.15) is 25.0 Å². The van der Waals surface area contributed by atoms with E-state index in [9.17, 15) is 8.96 Å². The molecule has 0 heterocycles. The van der Waals surface area contributed by atoms with Crippen LogP contribution >= 0.6 is 7.75 Å². The van der Waals surface area contributed by atoms with Gasteiger partial charge in [0.15, 0.2) is 0 Å². The van der Waals surface area contributed by atoms with Crippen LogP contribution < -0.4 is 5.09 Å². The van der Waals surface area contributed by atoms with E-state index >= 15 is 0 Å². The summed E-state index contributed by atoms with van der Waals surface area (Å²) in [5.74, 6) is -0.230. The van der Waals surface area contributed by atoms with E-state index in [1.807, 2.05) is 18.2 Å². The average Bonchev–Trinajstić information content (AvgIpc) is 2.83. The van der Waals surface area contributed by atoms with Crippen LogP contribution in [0.3, 0.4) is 0 Å². The van der Waals surface area contributed by atoms with Crippen molar-refractivity contribution in [3.8, 4) is 11.1 Å². The fourth-order valence-electron chi connectivity index (χ4n) is 2.85. The number of fused-ring (bicyclic) bond motifs is 3. The van der Waals surface area contributed by atoms with Crippen molar-refractivity contribution in [2.24, 2.45) is 0 Å². The maximum absolute atomic E-state index is 13.4. The second-order valence-corrected chi connectivity index (χ2v) is 7.03. The van der Waals surface area contributed by atoms with Crippen LogP contribution in [0, 0.1) is 5.82 Å². The number of benzene rings is 2. The highest BCUT2D eigenvalue weighted by Gasteiger charge is 2.25. The average molecular weight is 335 g/mol. The molecule has 0 saturated carbocycles. The summed E-state index contributed by atoms with van der Waals surface area (Å²) in [5.41, 5.74) is 4.83. The summed E-state index contributed by atoms with van der Waals surface area (Å²) in [4.78, 5) is 0. The van der Waals surface area contributed by atoms with Gasteiger partial charge in [0.05, 0.1) is 13.2 Å². The Labute approximate surface area is 135 Å². The molecule has 0 aromatic heterocycles. The molecule has 0 fully saturated rings. The Bertz CT molecular complexity index is 768. The van der Waals surface area contributed by atoms with Gasteiger partial charge >= 0.3 is 7.75 Å². The molecule has 2 aromatic carbocycles. The molecule has 4 nitrogen and oxygen atoms in total. The van der Waals surface area contributed by atoms with Gasteiger partial charge in [-0.1, -0.05) is 12.1 Å². The summed E-state index contributed by atoms with van der Waals surface area (Å²) in [6.45, 7) is 4.11. The van der Waals surface area contributed by atoms with Crippen LogP contribution in [0.2, 0.25) is 0 Å². The van der Waals surface area contributed by atoms with Gasteiger partial charge in [-0.25, -0.2) is 8.96 Å². The molecule has 0 amide bonds. The number of hydrogen-bond acceptors (Lipinski definition) is 3. The van der Waals surface area contributed by atoms with Gasteiger partial charge in [0.25, 0.3) is 0 Å². The van der Waals surface area contributed by atoms with Crippen LogP contribution in [0.4, 0.5) is 10.1 Å². The van der Waals surface area contributed by atoms with Crippen molar-refractivity contribution in [1.82, 2.24) is 0 Å². The van der Waals surface area contributed by atoms with Gasteiger partial charge < -0.3 is 0 Å². The summed E-state index contributed by atoms with van der Waals surface area (Å²) in [6, 6.07) is 10.5. The minimum Gasteiger partial charge on any atom is -0.293 e. The normalized spacial score (nSPS) is 12.8. The van der Waals surface area contributed by atoms with Crippen molar-refractivity contribution in [3.63, 3.8) is 0 Å². The third-order valence-electron chi connectivity index (χ3n) is 3.71. The summed E-state index contributed by atoms with van der Waals surface area (Å²) in [5, 5.41) is 2.86. The monoisotopic (exact) mass is 335 g/mol. The van der Waals surface area contributed by atoms with Crippen molar-refractivity contribution in [3.05, 3.63) is 53.3 Å². The van der Waals surface area contributed by atoms with Gasteiger partial charge in [0, 0.05) is 5.69 Å². The lowest BCUT2D eigenvalue weighted by atomic mass is 10.1. The van der Waals surface area contributed by atoms with Gasteiger partial charge in [-0.05, 0) is 66.8 Å². The molecule has 0 saturated heterocycles. The van der Waals surface area contributed by atoms with Crippen molar-refractivity contribution in [2.75, 3.05) is 18.3 Å². The molecule has 122 valence electrons. The summed E-state index contributed by atoms with van der Waals surface area (Å²) >= 11 is 0. The van der Waals surface area contributed by atoms with E-state index < -0.39 is 7.75 Å². The molecule has 1 aliphatic rings. The predicted molar refractivity (Wildman–Crippen MR) is 89.1 cm³/mol. The van der Waals surface area contributed by atoms with E-state index in [-0.39, 0.29) is 5.82 Å². The van der Waals surface area contributed by atoms with Gasteiger partial charge in [-0.15, -0.1) is 0 Å². The first-order valence-electron chi connectivity index (χ1n) is 7.64. The molecule has 1 N–H and O–H groups in total. The second kappa shape index (κ2) is 6.44. The Morgan fingerprint density at radius 2 is 1.65 bits per heavy atom. The molecular weight excluding hydrogens is 316 g/mol. The molecule has 0 radical (unpaired) electrons. The SMILES string of the molecule is CCOP(=O)(Nc1ccc2c(c1)Cc1cc(F)ccc1-2)OCC. The molecule has 6 heteroatoms. The highest BCUT2D eigenvalue weighted by molar-refractivity contribution is 7.55. The molecule has 0 atom stereocenters. The first-order chi connectivity index (χ1) is 11.0. The van der Waals surface area contributed by atoms with Gasteiger partial charge in [0.1, 0.15) is 5.82 Å². The van der Waals surface area contributed by atoms with Crippen molar-refractivity contribution in [1.29, 1.82) is 0 Å². The first-order valence-corrected chi connectivity index (χ1v) is 9.18. The smallest absolute Gasteiger partial charge is 0.293 e. The molecule has 3 rings (SSSR count). The topological polar surface area (TPSA) is 47.6 Å². The summed E-state index contributed by atoms with van der Waals surface area (Å²) in [6.07, 6.45) is 0.658. The quantitative estimate of drug-likeness (QED) is 0.645. The van der Waals surface area contributed by atoms with Crippen molar-refractivity contribution >= 4 is 13.4 Å². The summed E-state index contributed by atoms with van der Waals surface area (Å²) in [7, 11) is -3.36. The van der Waals surface area contributed by atoms with Crippen molar-refractivity contribution < 1.29 is 18.0 Å². The molecule has 0 unspecified atom stereocenters. The number of nitrogens with one attached hydrogen (secondary N) is 1. The standard InChI is InChI=1S/C17H19FNO3P/c1-3-21-23(20,22-4-2)19-15-6-8-17-13(11-15)9-12-10-14(18)5-7-16(12)17/h5-8,10-11H,3-4,9H2,1-2H3,(H,19,20). The van der Waals surface area contributed by atoms with Crippen LogP contribution in [-0.2, 0) is 20.0 Å². The molecule has 0 aliphatic heterocycles. The Kier molecular flexibility index (Phi) is 4.53. The fourth-order valence-corrected chi connectivity index (χ4v) is 4.19. The third-order valence-corrected chi connectivity index (χ3v) is 5.44. The Balaban J connectivity index is 1.87. The van der Waals surface area contributed by atoms with Crippen LogP contribution in [0.15, 0.2) is 36.4 Å². The van der Waals surface area contributed by atoms with E-state index in [1.165, 1.54) is 6.07 Å². The molecule has 23 heavy (non-hydrogen) atoms. The van der Waals surface area contributed by atoms with E-state index in [0.717, 1.165) is 22.3 Å². The molecular formula is C17H19FNO3P. The first kappa shape index (κ1) is 16.2. The Morgan fingerprint density at radius 3 is 2.30 bits per heavy atom. The highest BCUT2D eigenvalue weighted by Crippen LogP contribution is 2.48. The zero-order valence-electron chi connectivity index (χ0n) is 13.1. The summed E-state index contributed by atoms with van der Waals surface area (Å²) < 4.78 is 36.4. The molecule has 0 spiro atoms. The maximum Gasteiger partial charge on any atom is 0.432 e. The largest absolute Gasteiger partial charge is 0.432 e. The molecule has 0 bridgehead atoms. The van der Waals surface area contributed by atoms with Gasteiger partial charge in [-0.2, -0.15) is 0 Å². The number of rotatable bonds is 6. The lowest BCUT2D eigenvalue weighted by Gasteiger charge is -2.19. The van der Waals surface area contributed by atoms with Gasteiger partial charge in [-0.3, -0.25) is 14.1 Å². The fraction of sp³-hybridized carbons (Fsp3) is 0.294. The maximum atomic E-state index is 13.4. The van der Waals surface area contributed by atoms with Crippen LogP contribution in [0.25, 0.3) is 11.1 Å². The zero-order chi connectivity index (χ0) is 16.4. The predicted octanol–water partition coefficient (Wildman–Crippen LogP) is 4.99. The van der Waals surface area contributed by atoms with E-state index in [2.05, 4.69) is 5.09 Å². The number of hydrogen-bond donors (Lipinski definition) is 1. The van der Waals surface area contributed by atoms with E-state index in [0.29, 0.717) is 25.3 Å². The number of halogens is 1. The van der Waals surface area contributed by atoms with Crippen LogP contribution in [-0.4, -0.2) is 13.2 Å². The van der Waals surface area contributed by atoms with Gasteiger partial charge in [0.2, 0.25) is 0 Å². The zero-order valence-corrected chi connectivity index (χ0v) is 14.0. The lowest BCUT2D eigenvalue weighted by molar-refractivity contribution is 0.225. The Hall–Kier alpha value is -1.68.